The van der Waals surface area contributed by atoms with Gasteiger partial charge in [-0.2, -0.15) is 5.10 Å². The molecule has 0 aliphatic carbocycles. The first-order valence-corrected chi connectivity index (χ1v) is 6.44. The van der Waals surface area contributed by atoms with Gasteiger partial charge < -0.3 is 10.6 Å². The van der Waals surface area contributed by atoms with Gasteiger partial charge >= 0.3 is 0 Å². The Hall–Kier alpha value is -1.36. The van der Waals surface area contributed by atoms with Crippen molar-refractivity contribution in [1.82, 2.24) is 14.7 Å². The van der Waals surface area contributed by atoms with Gasteiger partial charge in [-0.3, -0.25) is 9.48 Å². The Balaban J connectivity index is 2.33. The van der Waals surface area contributed by atoms with E-state index in [1.165, 1.54) is 0 Å². The van der Waals surface area contributed by atoms with Crippen molar-refractivity contribution < 1.29 is 4.79 Å². The zero-order chi connectivity index (χ0) is 13.5. The molecule has 5 nitrogen and oxygen atoms in total. The molecule has 0 saturated heterocycles. The highest BCUT2D eigenvalue weighted by atomic mass is 16.2. The van der Waals surface area contributed by atoms with E-state index >= 15 is 0 Å². The zero-order valence-corrected chi connectivity index (χ0v) is 11.6. The number of aryl methyl sites for hydroxylation is 1. The summed E-state index contributed by atoms with van der Waals surface area (Å²) in [6.07, 6.45) is 6.21. The summed E-state index contributed by atoms with van der Waals surface area (Å²) in [6, 6.07) is 0. The molecular formula is C13H24N4O. The van der Waals surface area contributed by atoms with Gasteiger partial charge in [-0.1, -0.05) is 6.92 Å². The number of carbonyl (C=O) groups excluding carboxylic acids is 1. The quantitative estimate of drug-likeness (QED) is 0.791. The molecule has 1 aromatic rings. The molecule has 102 valence electrons. The maximum Gasteiger partial charge on any atom is 0.222 e. The molecule has 0 fully saturated rings. The van der Waals surface area contributed by atoms with Gasteiger partial charge in [0.2, 0.25) is 5.91 Å². The SMILES string of the molecule is CC(CCN)CCC(=O)N(C)Cc1cnn(C)c1. The van der Waals surface area contributed by atoms with Crippen LogP contribution in [0.25, 0.3) is 0 Å². The van der Waals surface area contributed by atoms with Crippen molar-refractivity contribution in [2.24, 2.45) is 18.7 Å². The Morgan fingerprint density at radius 1 is 1.56 bits per heavy atom. The monoisotopic (exact) mass is 252 g/mol. The minimum Gasteiger partial charge on any atom is -0.341 e. The molecular weight excluding hydrogens is 228 g/mol. The molecule has 0 saturated carbocycles. The van der Waals surface area contributed by atoms with E-state index in [9.17, 15) is 4.79 Å². The van der Waals surface area contributed by atoms with Crippen LogP contribution in [0.5, 0.6) is 0 Å². The van der Waals surface area contributed by atoms with Crippen LogP contribution in [0.3, 0.4) is 0 Å². The lowest BCUT2D eigenvalue weighted by Gasteiger charge is -2.17. The molecule has 5 heteroatoms. The van der Waals surface area contributed by atoms with Crippen molar-refractivity contribution in [2.45, 2.75) is 32.7 Å². The van der Waals surface area contributed by atoms with Crippen LogP contribution in [-0.4, -0.2) is 34.2 Å². The van der Waals surface area contributed by atoms with Crippen molar-refractivity contribution in [3.8, 4) is 0 Å². The predicted octanol–water partition coefficient (Wildman–Crippen LogP) is 1.14. The summed E-state index contributed by atoms with van der Waals surface area (Å²) < 4.78 is 1.75. The van der Waals surface area contributed by atoms with Crippen LogP contribution >= 0.6 is 0 Å². The maximum atomic E-state index is 11.9. The molecule has 1 rings (SSSR count). The molecule has 0 aromatic carbocycles. The number of nitrogens with two attached hydrogens (primary N) is 1. The highest BCUT2D eigenvalue weighted by Gasteiger charge is 2.11. The molecule has 0 aliphatic heterocycles. The minimum atomic E-state index is 0.183. The summed E-state index contributed by atoms with van der Waals surface area (Å²) in [5, 5.41) is 4.09. The van der Waals surface area contributed by atoms with E-state index in [0.29, 0.717) is 25.4 Å². The van der Waals surface area contributed by atoms with Crippen LogP contribution < -0.4 is 5.73 Å². The van der Waals surface area contributed by atoms with Crippen LogP contribution in [0.2, 0.25) is 0 Å². The van der Waals surface area contributed by atoms with Gasteiger partial charge in [0, 0.05) is 38.8 Å². The van der Waals surface area contributed by atoms with E-state index in [1.807, 2.05) is 20.3 Å². The van der Waals surface area contributed by atoms with Gasteiger partial charge in [0.25, 0.3) is 0 Å². The van der Waals surface area contributed by atoms with Gasteiger partial charge in [-0.05, 0) is 25.3 Å². The van der Waals surface area contributed by atoms with Crippen molar-refractivity contribution in [1.29, 1.82) is 0 Å². The Bertz CT molecular complexity index is 375. The number of carbonyl (C=O) groups is 1. The van der Waals surface area contributed by atoms with Gasteiger partial charge in [-0.15, -0.1) is 0 Å². The number of hydrogen-bond acceptors (Lipinski definition) is 3. The number of aromatic nitrogens is 2. The largest absolute Gasteiger partial charge is 0.341 e. The third-order valence-corrected chi connectivity index (χ3v) is 3.11. The first-order valence-electron chi connectivity index (χ1n) is 6.44. The van der Waals surface area contributed by atoms with Crippen LogP contribution in [0.4, 0.5) is 0 Å². The fraction of sp³-hybridized carbons (Fsp3) is 0.692. The second-order valence-electron chi connectivity index (χ2n) is 4.99. The minimum absolute atomic E-state index is 0.183. The maximum absolute atomic E-state index is 11.9. The zero-order valence-electron chi connectivity index (χ0n) is 11.6. The molecule has 1 unspecified atom stereocenters. The first-order chi connectivity index (χ1) is 8.52. The molecule has 1 atom stereocenters. The lowest BCUT2D eigenvalue weighted by atomic mass is 10.0. The average Bonchev–Trinajstić information content (AvgIpc) is 2.72. The second kappa shape index (κ2) is 7.16. The van der Waals surface area contributed by atoms with Gasteiger partial charge in [0.05, 0.1) is 6.20 Å². The van der Waals surface area contributed by atoms with Gasteiger partial charge in [0.15, 0.2) is 0 Å². The summed E-state index contributed by atoms with van der Waals surface area (Å²) >= 11 is 0. The van der Waals surface area contributed by atoms with E-state index in [1.54, 1.807) is 15.8 Å². The number of amides is 1. The summed E-state index contributed by atoms with van der Waals surface area (Å²) in [4.78, 5) is 13.7. The van der Waals surface area contributed by atoms with Gasteiger partial charge in [0.1, 0.15) is 0 Å². The fourth-order valence-electron chi connectivity index (χ4n) is 1.91. The molecule has 0 spiro atoms. The van der Waals surface area contributed by atoms with Gasteiger partial charge in [-0.25, -0.2) is 0 Å². The summed E-state index contributed by atoms with van der Waals surface area (Å²) in [6.45, 7) is 3.46. The molecule has 0 radical (unpaired) electrons. The van der Waals surface area contributed by atoms with Crippen molar-refractivity contribution in [3.05, 3.63) is 18.0 Å². The third-order valence-electron chi connectivity index (χ3n) is 3.11. The van der Waals surface area contributed by atoms with E-state index in [2.05, 4.69) is 12.0 Å². The van der Waals surface area contributed by atoms with Crippen LogP contribution in [0.1, 0.15) is 31.7 Å². The van der Waals surface area contributed by atoms with E-state index < -0.39 is 0 Å². The summed E-state index contributed by atoms with van der Waals surface area (Å²) in [5.74, 6) is 0.702. The third kappa shape index (κ3) is 4.87. The Labute approximate surface area is 109 Å². The van der Waals surface area contributed by atoms with E-state index in [4.69, 9.17) is 5.73 Å². The van der Waals surface area contributed by atoms with Crippen molar-refractivity contribution >= 4 is 5.91 Å². The highest BCUT2D eigenvalue weighted by molar-refractivity contribution is 5.75. The Kier molecular flexibility index (Phi) is 5.85. The smallest absolute Gasteiger partial charge is 0.222 e. The normalized spacial score (nSPS) is 12.4. The molecule has 0 aliphatic rings. The van der Waals surface area contributed by atoms with Crippen molar-refractivity contribution in [2.75, 3.05) is 13.6 Å². The standard InChI is InChI=1S/C13H24N4O/c1-11(6-7-14)4-5-13(18)16(2)9-12-8-15-17(3)10-12/h8,10-11H,4-7,9,14H2,1-3H3. The summed E-state index contributed by atoms with van der Waals surface area (Å²) in [7, 11) is 3.71. The lowest BCUT2D eigenvalue weighted by Crippen LogP contribution is -2.26. The highest BCUT2D eigenvalue weighted by Crippen LogP contribution is 2.11. The van der Waals surface area contributed by atoms with E-state index in [0.717, 1.165) is 18.4 Å². The average molecular weight is 252 g/mol. The van der Waals surface area contributed by atoms with Crippen LogP contribution in [-0.2, 0) is 18.4 Å². The molecule has 1 aromatic heterocycles. The molecule has 18 heavy (non-hydrogen) atoms. The number of hydrogen-bond donors (Lipinski definition) is 1. The number of rotatable bonds is 7. The molecule has 1 heterocycles. The lowest BCUT2D eigenvalue weighted by molar-refractivity contribution is -0.130. The summed E-state index contributed by atoms with van der Waals surface area (Å²) in [5.41, 5.74) is 6.55. The first kappa shape index (κ1) is 14.7. The number of nitrogens with zero attached hydrogens (tertiary/aromatic N) is 3. The van der Waals surface area contributed by atoms with Crippen LogP contribution in [0, 0.1) is 5.92 Å². The van der Waals surface area contributed by atoms with E-state index in [-0.39, 0.29) is 5.91 Å². The van der Waals surface area contributed by atoms with Crippen molar-refractivity contribution in [3.63, 3.8) is 0 Å². The Morgan fingerprint density at radius 2 is 2.28 bits per heavy atom. The topological polar surface area (TPSA) is 64.2 Å². The predicted molar refractivity (Wildman–Crippen MR) is 71.8 cm³/mol. The second-order valence-corrected chi connectivity index (χ2v) is 4.99. The van der Waals surface area contributed by atoms with Crippen LogP contribution in [0.15, 0.2) is 12.4 Å². The molecule has 2 N–H and O–H groups in total. The molecule has 1 amide bonds. The molecule has 0 bridgehead atoms. The Morgan fingerprint density at radius 3 is 2.83 bits per heavy atom. The fourth-order valence-corrected chi connectivity index (χ4v) is 1.91.